The summed E-state index contributed by atoms with van der Waals surface area (Å²) in [6, 6.07) is 13.3. The first-order chi connectivity index (χ1) is 15.1. The molecule has 2 aromatic carbocycles. The molecule has 1 aliphatic carbocycles. The number of rotatable bonds is 6. The summed E-state index contributed by atoms with van der Waals surface area (Å²) < 4.78 is 11.2. The molecule has 1 unspecified atom stereocenters. The first-order valence-electron chi connectivity index (χ1n) is 10.2. The Morgan fingerprint density at radius 2 is 1.77 bits per heavy atom. The molecule has 160 valence electrons. The third-order valence-corrected chi connectivity index (χ3v) is 5.16. The molecule has 2 amide bonds. The van der Waals surface area contributed by atoms with Gasteiger partial charge in [0.2, 0.25) is 5.91 Å². The van der Waals surface area contributed by atoms with E-state index in [4.69, 9.17) is 9.47 Å². The molecule has 2 aromatic rings. The van der Waals surface area contributed by atoms with Crippen molar-refractivity contribution in [2.24, 2.45) is 0 Å². The van der Waals surface area contributed by atoms with Gasteiger partial charge in [-0.05, 0) is 43.2 Å². The minimum atomic E-state index is -0.798. The number of para-hydroxylation sites is 1. The number of benzene rings is 2. The zero-order chi connectivity index (χ0) is 21.6. The van der Waals surface area contributed by atoms with Gasteiger partial charge in [-0.25, -0.2) is 0 Å². The van der Waals surface area contributed by atoms with E-state index < -0.39 is 6.04 Å². The molecule has 3 N–H and O–H groups in total. The highest BCUT2D eigenvalue weighted by Gasteiger charge is 2.25. The maximum Gasteiger partial charge on any atom is 0.251 e. The molecule has 1 aliphatic heterocycles. The van der Waals surface area contributed by atoms with Crippen molar-refractivity contribution in [1.82, 2.24) is 5.32 Å². The Morgan fingerprint density at radius 1 is 0.968 bits per heavy atom. The van der Waals surface area contributed by atoms with Crippen molar-refractivity contribution in [3.05, 3.63) is 77.6 Å². The summed E-state index contributed by atoms with van der Waals surface area (Å²) in [5.41, 5.74) is 1.95. The van der Waals surface area contributed by atoms with Crippen LogP contribution in [-0.2, 0) is 4.79 Å². The van der Waals surface area contributed by atoms with Gasteiger partial charge in [0.25, 0.3) is 5.91 Å². The lowest BCUT2D eigenvalue weighted by molar-refractivity contribution is -0.118. The molecule has 0 bridgehead atoms. The second kappa shape index (κ2) is 9.38. The smallest absolute Gasteiger partial charge is 0.251 e. The van der Waals surface area contributed by atoms with Crippen LogP contribution in [0, 0.1) is 0 Å². The third kappa shape index (κ3) is 5.06. The van der Waals surface area contributed by atoms with Crippen molar-refractivity contribution in [3.63, 3.8) is 0 Å². The summed E-state index contributed by atoms with van der Waals surface area (Å²) in [6.07, 6.45) is 4.91. The molecule has 7 heteroatoms. The number of hydrogen-bond donors (Lipinski definition) is 3. The predicted octanol–water partition coefficient (Wildman–Crippen LogP) is 3.75. The third-order valence-electron chi connectivity index (χ3n) is 5.16. The molecule has 0 radical (unpaired) electrons. The quantitative estimate of drug-likeness (QED) is 0.661. The second-order valence-corrected chi connectivity index (χ2v) is 7.40. The van der Waals surface area contributed by atoms with E-state index in [9.17, 15) is 14.7 Å². The van der Waals surface area contributed by atoms with Gasteiger partial charge in [0.15, 0.2) is 11.5 Å². The maximum atomic E-state index is 13.2. The van der Waals surface area contributed by atoms with Gasteiger partial charge < -0.3 is 25.2 Å². The topological polar surface area (TPSA) is 96.9 Å². The number of carbonyl (C=O) groups is 2. The number of fused-ring (bicyclic) bond motifs is 1. The summed E-state index contributed by atoms with van der Waals surface area (Å²) in [4.78, 5) is 25.9. The summed E-state index contributed by atoms with van der Waals surface area (Å²) >= 11 is 0. The van der Waals surface area contributed by atoms with Crippen LogP contribution in [0.1, 0.15) is 29.6 Å². The first-order valence-corrected chi connectivity index (χ1v) is 10.2. The zero-order valence-corrected chi connectivity index (χ0v) is 17.0. The number of amides is 2. The zero-order valence-electron chi connectivity index (χ0n) is 17.0. The fourth-order valence-corrected chi connectivity index (χ4v) is 3.53. The molecule has 0 saturated heterocycles. The number of carbonyl (C=O) groups excluding carboxylic acids is 2. The Morgan fingerprint density at radius 3 is 2.55 bits per heavy atom. The highest BCUT2D eigenvalue weighted by Crippen LogP contribution is 2.37. The standard InChI is InChI=1S/C24H24N2O5/c27-18-11-9-16(10-12-18)15-20(26-23(28)17-5-2-1-3-6-17)24(29)25-19-7-4-8-21-22(19)31-14-13-30-21/h1-9,11,20,27H,10,12-15H2,(H,25,29)(H,26,28). The molecule has 7 nitrogen and oxygen atoms in total. The van der Waals surface area contributed by atoms with Crippen molar-refractivity contribution in [2.75, 3.05) is 18.5 Å². The van der Waals surface area contributed by atoms with E-state index in [0.717, 1.165) is 5.57 Å². The van der Waals surface area contributed by atoms with Crippen LogP contribution in [0.2, 0.25) is 0 Å². The highest BCUT2D eigenvalue weighted by atomic mass is 16.6. The molecule has 0 saturated carbocycles. The van der Waals surface area contributed by atoms with E-state index in [1.807, 2.05) is 6.07 Å². The second-order valence-electron chi connectivity index (χ2n) is 7.40. The van der Waals surface area contributed by atoms with Crippen molar-refractivity contribution in [1.29, 1.82) is 0 Å². The first kappa shape index (κ1) is 20.5. The Hall–Kier alpha value is -3.74. The van der Waals surface area contributed by atoms with E-state index in [0.29, 0.717) is 61.0 Å². The van der Waals surface area contributed by atoms with Gasteiger partial charge in [-0.1, -0.05) is 35.9 Å². The number of ether oxygens (including phenoxy) is 2. The van der Waals surface area contributed by atoms with Gasteiger partial charge >= 0.3 is 0 Å². The van der Waals surface area contributed by atoms with Crippen molar-refractivity contribution in [3.8, 4) is 11.5 Å². The molecule has 31 heavy (non-hydrogen) atoms. The van der Waals surface area contributed by atoms with Crippen LogP contribution >= 0.6 is 0 Å². The molecular weight excluding hydrogens is 396 g/mol. The van der Waals surface area contributed by atoms with E-state index in [-0.39, 0.29) is 11.8 Å². The number of aliphatic hydroxyl groups excluding tert-OH is 1. The molecule has 1 atom stereocenters. The molecule has 4 rings (SSSR count). The molecule has 2 aliphatic rings. The summed E-state index contributed by atoms with van der Waals surface area (Å²) in [5, 5.41) is 15.3. The summed E-state index contributed by atoms with van der Waals surface area (Å²) in [7, 11) is 0. The number of allylic oxidation sites excluding steroid dienone is 3. The van der Waals surface area contributed by atoms with Crippen molar-refractivity contribution >= 4 is 17.5 Å². The van der Waals surface area contributed by atoms with E-state index >= 15 is 0 Å². The van der Waals surface area contributed by atoms with Crippen LogP contribution in [-0.4, -0.2) is 36.2 Å². The molecule has 0 fully saturated rings. The van der Waals surface area contributed by atoms with Crippen molar-refractivity contribution in [2.45, 2.75) is 25.3 Å². The maximum absolute atomic E-state index is 13.2. The highest BCUT2D eigenvalue weighted by molar-refractivity contribution is 6.02. The Balaban J connectivity index is 1.54. The lowest BCUT2D eigenvalue weighted by Crippen LogP contribution is -2.44. The van der Waals surface area contributed by atoms with Crippen LogP contribution in [0.3, 0.4) is 0 Å². The number of nitrogens with one attached hydrogen (secondary N) is 2. The molecular formula is C24H24N2O5. The van der Waals surface area contributed by atoms with Gasteiger partial charge in [0.05, 0.1) is 11.4 Å². The minimum Gasteiger partial charge on any atom is -0.512 e. The van der Waals surface area contributed by atoms with Crippen LogP contribution < -0.4 is 20.1 Å². The van der Waals surface area contributed by atoms with Gasteiger partial charge in [-0.15, -0.1) is 0 Å². The largest absolute Gasteiger partial charge is 0.512 e. The monoisotopic (exact) mass is 420 g/mol. The number of aliphatic hydroxyl groups is 1. The average molecular weight is 420 g/mol. The Bertz CT molecular complexity index is 1030. The molecule has 1 heterocycles. The fraction of sp³-hybridized carbons (Fsp3) is 0.250. The normalized spacial score (nSPS) is 15.9. The predicted molar refractivity (Wildman–Crippen MR) is 116 cm³/mol. The van der Waals surface area contributed by atoms with Gasteiger partial charge in [-0.3, -0.25) is 9.59 Å². The van der Waals surface area contributed by atoms with E-state index in [1.165, 1.54) is 0 Å². The summed E-state index contributed by atoms with van der Waals surface area (Å²) in [5.74, 6) is 0.687. The van der Waals surface area contributed by atoms with Gasteiger partial charge in [0, 0.05) is 12.0 Å². The number of hydrogen-bond acceptors (Lipinski definition) is 5. The van der Waals surface area contributed by atoms with E-state index in [1.54, 1.807) is 54.6 Å². The Kier molecular flexibility index (Phi) is 6.21. The van der Waals surface area contributed by atoms with E-state index in [2.05, 4.69) is 10.6 Å². The lowest BCUT2D eigenvalue weighted by atomic mass is 9.96. The average Bonchev–Trinajstić information content (AvgIpc) is 2.81. The van der Waals surface area contributed by atoms with Crippen LogP contribution in [0.15, 0.2) is 72.0 Å². The van der Waals surface area contributed by atoms with Crippen LogP contribution in [0.5, 0.6) is 11.5 Å². The lowest BCUT2D eigenvalue weighted by Gasteiger charge is -2.24. The Labute approximate surface area is 180 Å². The van der Waals surface area contributed by atoms with Gasteiger partial charge in [-0.2, -0.15) is 0 Å². The van der Waals surface area contributed by atoms with Crippen molar-refractivity contribution < 1.29 is 24.2 Å². The molecule has 0 aromatic heterocycles. The molecule has 0 spiro atoms. The van der Waals surface area contributed by atoms with Crippen LogP contribution in [0.25, 0.3) is 0 Å². The van der Waals surface area contributed by atoms with Crippen LogP contribution in [0.4, 0.5) is 5.69 Å². The summed E-state index contributed by atoms with van der Waals surface area (Å²) in [6.45, 7) is 0.853. The van der Waals surface area contributed by atoms with Gasteiger partial charge in [0.1, 0.15) is 19.3 Å². The fourth-order valence-electron chi connectivity index (χ4n) is 3.53. The minimum absolute atomic E-state index is 0.311. The number of anilines is 1. The SMILES string of the molecule is O=C(NC(CC1=CC=C(O)CC1)C(=O)Nc1cccc2c1OCCO2)c1ccccc1.